The molecular formula is C17H29N3O3. The normalized spacial score (nSPS) is 30.0. The van der Waals surface area contributed by atoms with Crippen molar-refractivity contribution in [1.29, 1.82) is 0 Å². The Labute approximate surface area is 138 Å². The first kappa shape index (κ1) is 16.7. The van der Waals surface area contributed by atoms with Gasteiger partial charge in [0.05, 0.1) is 18.7 Å². The largest absolute Gasteiger partial charge is 0.387 e. The second kappa shape index (κ2) is 7.18. The van der Waals surface area contributed by atoms with Crippen molar-refractivity contribution < 1.29 is 14.7 Å². The molecule has 1 N–H and O–H groups in total. The van der Waals surface area contributed by atoms with Crippen molar-refractivity contribution in [3.63, 3.8) is 0 Å². The molecule has 130 valence electrons. The van der Waals surface area contributed by atoms with Crippen LogP contribution in [0.5, 0.6) is 0 Å². The molecule has 3 saturated heterocycles. The molecule has 0 saturated carbocycles. The third-order valence-electron chi connectivity index (χ3n) is 5.40. The van der Waals surface area contributed by atoms with Gasteiger partial charge in [0.1, 0.15) is 0 Å². The predicted molar refractivity (Wildman–Crippen MR) is 86.9 cm³/mol. The second-order valence-electron chi connectivity index (χ2n) is 7.40. The summed E-state index contributed by atoms with van der Waals surface area (Å²) < 4.78 is 0. The Hall–Kier alpha value is -1.14. The number of rotatable bonds is 4. The summed E-state index contributed by atoms with van der Waals surface area (Å²) in [5.74, 6) is 0.0833. The van der Waals surface area contributed by atoms with Crippen molar-refractivity contribution in [2.45, 2.75) is 50.5 Å². The Morgan fingerprint density at radius 2 is 1.78 bits per heavy atom. The molecule has 23 heavy (non-hydrogen) atoms. The van der Waals surface area contributed by atoms with Gasteiger partial charge in [0, 0.05) is 26.1 Å². The van der Waals surface area contributed by atoms with E-state index in [1.165, 1.54) is 12.8 Å². The maximum absolute atomic E-state index is 12.5. The lowest BCUT2D eigenvalue weighted by molar-refractivity contribution is -0.140. The molecule has 3 aliphatic heterocycles. The van der Waals surface area contributed by atoms with Gasteiger partial charge in [-0.05, 0) is 45.2 Å². The lowest BCUT2D eigenvalue weighted by Crippen LogP contribution is -2.47. The minimum absolute atomic E-state index is 0.0161. The van der Waals surface area contributed by atoms with Crippen LogP contribution >= 0.6 is 0 Å². The summed E-state index contributed by atoms with van der Waals surface area (Å²) in [7, 11) is 0. The number of likely N-dealkylation sites (tertiary alicyclic amines) is 3. The zero-order chi connectivity index (χ0) is 16.3. The molecule has 3 heterocycles. The van der Waals surface area contributed by atoms with Crippen molar-refractivity contribution >= 4 is 11.8 Å². The summed E-state index contributed by atoms with van der Waals surface area (Å²) in [6.45, 7) is 4.65. The number of amides is 2. The van der Waals surface area contributed by atoms with Gasteiger partial charge in [-0.2, -0.15) is 0 Å². The average molecular weight is 323 g/mol. The Morgan fingerprint density at radius 1 is 1.04 bits per heavy atom. The van der Waals surface area contributed by atoms with E-state index in [0.29, 0.717) is 39.0 Å². The van der Waals surface area contributed by atoms with E-state index in [1.807, 2.05) is 0 Å². The molecule has 6 heteroatoms. The lowest BCUT2D eigenvalue weighted by Gasteiger charge is -2.29. The number of carbonyl (C=O) groups excluding carboxylic acids is 2. The van der Waals surface area contributed by atoms with Gasteiger partial charge >= 0.3 is 0 Å². The molecule has 3 aliphatic rings. The van der Waals surface area contributed by atoms with Crippen LogP contribution in [-0.4, -0.2) is 83.0 Å². The fraction of sp³-hybridized carbons (Fsp3) is 0.882. The van der Waals surface area contributed by atoms with Crippen molar-refractivity contribution in [2.75, 3.05) is 45.8 Å². The topological polar surface area (TPSA) is 64.1 Å². The van der Waals surface area contributed by atoms with Crippen LogP contribution in [-0.2, 0) is 9.59 Å². The third kappa shape index (κ3) is 4.23. The van der Waals surface area contributed by atoms with Crippen molar-refractivity contribution in [3.8, 4) is 0 Å². The van der Waals surface area contributed by atoms with Gasteiger partial charge in [-0.25, -0.2) is 0 Å². The standard InChI is InChI=1S/C17H29N3O3/c21-15-6-2-1-3-10-19(15)12-16(22)20-11-7-17(23,14-20)13-18-8-4-5-9-18/h23H,1-14H2/t17-/m1/s1. The zero-order valence-electron chi connectivity index (χ0n) is 14.0. The van der Waals surface area contributed by atoms with Crippen LogP contribution in [0.3, 0.4) is 0 Å². The van der Waals surface area contributed by atoms with Gasteiger partial charge in [0.15, 0.2) is 0 Å². The van der Waals surface area contributed by atoms with Crippen LogP contribution in [0.25, 0.3) is 0 Å². The number of nitrogens with zero attached hydrogens (tertiary/aromatic N) is 3. The van der Waals surface area contributed by atoms with Gasteiger partial charge in [-0.15, -0.1) is 0 Å². The molecule has 1 atom stereocenters. The van der Waals surface area contributed by atoms with Crippen LogP contribution in [0.1, 0.15) is 44.9 Å². The first-order valence-corrected chi connectivity index (χ1v) is 9.06. The minimum Gasteiger partial charge on any atom is -0.387 e. The second-order valence-corrected chi connectivity index (χ2v) is 7.40. The van der Waals surface area contributed by atoms with Crippen molar-refractivity contribution in [2.24, 2.45) is 0 Å². The SMILES string of the molecule is O=C1CCCCCN1CC(=O)N1CC[C@@](O)(CN2CCCC2)C1. The van der Waals surface area contributed by atoms with E-state index in [0.717, 1.165) is 32.4 Å². The number of hydrogen-bond donors (Lipinski definition) is 1. The summed E-state index contributed by atoms with van der Waals surface area (Å²) in [6, 6.07) is 0. The molecule has 0 unspecified atom stereocenters. The fourth-order valence-corrected chi connectivity index (χ4v) is 4.02. The molecular weight excluding hydrogens is 294 g/mol. The van der Waals surface area contributed by atoms with Gasteiger partial charge in [0.25, 0.3) is 0 Å². The predicted octanol–water partition coefficient (Wildman–Crippen LogP) is 0.448. The van der Waals surface area contributed by atoms with E-state index < -0.39 is 5.60 Å². The van der Waals surface area contributed by atoms with Gasteiger partial charge in [0.2, 0.25) is 11.8 Å². The molecule has 3 rings (SSSR count). The van der Waals surface area contributed by atoms with Crippen LogP contribution < -0.4 is 0 Å². The van der Waals surface area contributed by atoms with Gasteiger partial charge in [-0.1, -0.05) is 6.42 Å². The molecule has 0 bridgehead atoms. The minimum atomic E-state index is -0.775. The number of aliphatic hydroxyl groups is 1. The first-order chi connectivity index (χ1) is 11.1. The third-order valence-corrected chi connectivity index (χ3v) is 5.40. The molecule has 0 aromatic heterocycles. The zero-order valence-corrected chi connectivity index (χ0v) is 14.0. The average Bonchev–Trinajstić information content (AvgIpc) is 3.10. The summed E-state index contributed by atoms with van der Waals surface area (Å²) in [5.41, 5.74) is -0.775. The number of hydrogen-bond acceptors (Lipinski definition) is 4. The van der Waals surface area contributed by atoms with Crippen LogP contribution in [0.15, 0.2) is 0 Å². The monoisotopic (exact) mass is 323 g/mol. The Bertz CT molecular complexity index is 450. The molecule has 0 aliphatic carbocycles. The highest BCUT2D eigenvalue weighted by Crippen LogP contribution is 2.24. The Morgan fingerprint density at radius 3 is 2.57 bits per heavy atom. The van der Waals surface area contributed by atoms with Gasteiger partial charge in [-0.3, -0.25) is 9.59 Å². The van der Waals surface area contributed by atoms with Gasteiger partial charge < -0.3 is 19.8 Å². The van der Waals surface area contributed by atoms with Crippen LogP contribution in [0.4, 0.5) is 0 Å². The molecule has 3 fully saturated rings. The van der Waals surface area contributed by atoms with E-state index in [1.54, 1.807) is 9.80 Å². The highest BCUT2D eigenvalue weighted by molar-refractivity contribution is 5.85. The maximum Gasteiger partial charge on any atom is 0.242 e. The van der Waals surface area contributed by atoms with E-state index in [4.69, 9.17) is 0 Å². The summed E-state index contributed by atoms with van der Waals surface area (Å²) in [6.07, 6.45) is 6.59. The summed E-state index contributed by atoms with van der Waals surface area (Å²) in [4.78, 5) is 30.3. The molecule has 0 aromatic carbocycles. The fourth-order valence-electron chi connectivity index (χ4n) is 4.02. The quantitative estimate of drug-likeness (QED) is 0.816. The molecule has 0 spiro atoms. The summed E-state index contributed by atoms with van der Waals surface area (Å²) in [5, 5.41) is 10.8. The highest BCUT2D eigenvalue weighted by atomic mass is 16.3. The Balaban J connectivity index is 1.51. The number of carbonyl (C=O) groups is 2. The molecule has 0 aromatic rings. The molecule has 2 amide bonds. The first-order valence-electron chi connectivity index (χ1n) is 9.06. The molecule has 0 radical (unpaired) electrons. The number of β-amino-alcohol motifs (C(OH)–C–C–N with tert-alkyl or cyclic N) is 1. The molecule has 6 nitrogen and oxygen atoms in total. The lowest BCUT2D eigenvalue weighted by atomic mass is 10.0. The van der Waals surface area contributed by atoms with E-state index in [9.17, 15) is 14.7 Å². The van der Waals surface area contributed by atoms with Crippen LogP contribution in [0.2, 0.25) is 0 Å². The van der Waals surface area contributed by atoms with Crippen molar-refractivity contribution in [3.05, 3.63) is 0 Å². The van der Waals surface area contributed by atoms with E-state index in [2.05, 4.69) is 4.90 Å². The highest BCUT2D eigenvalue weighted by Gasteiger charge is 2.40. The maximum atomic E-state index is 12.5. The van der Waals surface area contributed by atoms with Crippen LogP contribution in [0, 0.1) is 0 Å². The Kier molecular flexibility index (Phi) is 5.21. The smallest absolute Gasteiger partial charge is 0.242 e. The van der Waals surface area contributed by atoms with E-state index >= 15 is 0 Å². The summed E-state index contributed by atoms with van der Waals surface area (Å²) >= 11 is 0. The van der Waals surface area contributed by atoms with E-state index in [-0.39, 0.29) is 18.4 Å². The van der Waals surface area contributed by atoms with Crippen molar-refractivity contribution in [1.82, 2.24) is 14.7 Å².